The van der Waals surface area contributed by atoms with Gasteiger partial charge in [0.2, 0.25) is 15.9 Å². The average Bonchev–Trinajstić information content (AvgIpc) is 2.49. The molecule has 25 heavy (non-hydrogen) atoms. The molecule has 0 fully saturated rings. The number of nitrogens with one attached hydrogen (secondary N) is 2. The highest BCUT2D eigenvalue weighted by atomic mass is 35.5. The molecule has 8 heteroatoms. The summed E-state index contributed by atoms with van der Waals surface area (Å²) in [7, 11) is -3.39. The highest BCUT2D eigenvalue weighted by Crippen LogP contribution is 2.21. The van der Waals surface area contributed by atoms with E-state index in [0.29, 0.717) is 11.3 Å². The Kier molecular flexibility index (Phi) is 6.02. The number of hydrogen-bond acceptors (Lipinski definition) is 3. The number of hydrogen-bond donors (Lipinski definition) is 2. The molecule has 5 nitrogen and oxygen atoms in total. The number of sulfonamides is 1. The van der Waals surface area contributed by atoms with E-state index in [0.717, 1.165) is 6.26 Å². The predicted octanol–water partition coefficient (Wildman–Crippen LogP) is 3.27. The Balaban J connectivity index is 2.08. The summed E-state index contributed by atoms with van der Waals surface area (Å²) < 4.78 is 38.7. The second-order valence-corrected chi connectivity index (χ2v) is 7.82. The minimum absolute atomic E-state index is 0.140. The fraction of sp³-hybridized carbons (Fsp3) is 0.235. The van der Waals surface area contributed by atoms with Gasteiger partial charge in [-0.25, -0.2) is 12.8 Å². The maximum absolute atomic E-state index is 13.8. The van der Waals surface area contributed by atoms with Gasteiger partial charge in [-0.1, -0.05) is 29.8 Å². The summed E-state index contributed by atoms with van der Waals surface area (Å²) >= 11 is 5.92. The van der Waals surface area contributed by atoms with E-state index < -0.39 is 15.8 Å². The van der Waals surface area contributed by atoms with Crippen LogP contribution in [0, 0.1) is 5.82 Å². The van der Waals surface area contributed by atoms with Crippen molar-refractivity contribution in [3.05, 3.63) is 64.4 Å². The molecule has 0 bridgehead atoms. The molecule has 1 amide bonds. The smallest absolute Gasteiger partial charge is 0.229 e. The lowest BCUT2D eigenvalue weighted by Crippen LogP contribution is -2.28. The third kappa shape index (κ3) is 5.72. The van der Waals surface area contributed by atoms with Crippen molar-refractivity contribution in [1.82, 2.24) is 5.32 Å². The first kappa shape index (κ1) is 19.2. The van der Waals surface area contributed by atoms with Gasteiger partial charge in [0.05, 0.1) is 18.7 Å². The number of carbonyl (C=O) groups is 1. The summed E-state index contributed by atoms with van der Waals surface area (Å²) in [6, 6.07) is 10.5. The van der Waals surface area contributed by atoms with Crippen molar-refractivity contribution in [2.45, 2.75) is 19.4 Å². The van der Waals surface area contributed by atoms with E-state index in [4.69, 9.17) is 11.6 Å². The van der Waals surface area contributed by atoms with Gasteiger partial charge in [0.25, 0.3) is 0 Å². The first-order chi connectivity index (χ1) is 11.7. The number of anilines is 1. The van der Waals surface area contributed by atoms with Crippen LogP contribution in [0.5, 0.6) is 0 Å². The molecular weight excluding hydrogens is 367 g/mol. The molecule has 0 heterocycles. The van der Waals surface area contributed by atoms with Gasteiger partial charge in [0.15, 0.2) is 0 Å². The molecule has 2 N–H and O–H groups in total. The van der Waals surface area contributed by atoms with Crippen LogP contribution in [0.25, 0.3) is 0 Å². The molecule has 2 aromatic rings. The quantitative estimate of drug-likeness (QED) is 0.802. The fourth-order valence-electron chi connectivity index (χ4n) is 2.32. The molecule has 2 aromatic carbocycles. The summed E-state index contributed by atoms with van der Waals surface area (Å²) in [5.74, 6) is -0.921. The SMILES string of the molecule is C[C@@H](NC(=O)Cc1c(F)cccc1Cl)c1cccc(NS(C)(=O)=O)c1. The molecule has 0 aliphatic heterocycles. The Morgan fingerprint density at radius 2 is 1.92 bits per heavy atom. The van der Waals surface area contributed by atoms with Crippen LogP contribution < -0.4 is 10.0 Å². The third-order valence-corrected chi connectivity index (χ3v) is 4.43. The minimum atomic E-state index is -3.39. The summed E-state index contributed by atoms with van der Waals surface area (Å²) in [6.45, 7) is 1.75. The van der Waals surface area contributed by atoms with Crippen LogP contribution in [0.1, 0.15) is 24.1 Å². The molecule has 1 atom stereocenters. The maximum Gasteiger partial charge on any atom is 0.229 e. The lowest BCUT2D eigenvalue weighted by Gasteiger charge is -2.16. The van der Waals surface area contributed by atoms with Crippen molar-refractivity contribution in [2.24, 2.45) is 0 Å². The second-order valence-electron chi connectivity index (χ2n) is 5.67. The van der Waals surface area contributed by atoms with Crippen molar-refractivity contribution in [3.63, 3.8) is 0 Å². The Bertz CT molecular complexity index is 867. The molecule has 0 aromatic heterocycles. The maximum atomic E-state index is 13.8. The first-order valence-corrected chi connectivity index (χ1v) is 9.72. The molecule has 0 aliphatic carbocycles. The zero-order chi connectivity index (χ0) is 18.6. The van der Waals surface area contributed by atoms with Gasteiger partial charge in [0, 0.05) is 16.3 Å². The second kappa shape index (κ2) is 7.84. The topological polar surface area (TPSA) is 75.3 Å². The van der Waals surface area contributed by atoms with Gasteiger partial charge < -0.3 is 5.32 Å². The summed E-state index contributed by atoms with van der Waals surface area (Å²) in [6.07, 6.45) is 0.875. The Labute approximate surface area is 151 Å². The van der Waals surface area contributed by atoms with Crippen LogP contribution in [0.2, 0.25) is 5.02 Å². The van der Waals surface area contributed by atoms with E-state index in [1.165, 1.54) is 18.2 Å². The highest BCUT2D eigenvalue weighted by Gasteiger charge is 2.15. The van der Waals surface area contributed by atoms with Crippen LogP contribution >= 0.6 is 11.6 Å². The van der Waals surface area contributed by atoms with E-state index >= 15 is 0 Å². The average molecular weight is 385 g/mol. The molecule has 2 rings (SSSR count). The van der Waals surface area contributed by atoms with E-state index in [-0.39, 0.29) is 29.0 Å². The molecule has 0 saturated carbocycles. The summed E-state index contributed by atoms with van der Waals surface area (Å²) in [4.78, 5) is 12.2. The van der Waals surface area contributed by atoms with Crippen LogP contribution in [-0.2, 0) is 21.2 Å². The van der Waals surface area contributed by atoms with Gasteiger partial charge in [0.1, 0.15) is 5.82 Å². The van der Waals surface area contributed by atoms with E-state index in [2.05, 4.69) is 10.0 Å². The zero-order valence-corrected chi connectivity index (χ0v) is 15.3. The Hall–Kier alpha value is -2.12. The van der Waals surface area contributed by atoms with Crippen LogP contribution in [0.4, 0.5) is 10.1 Å². The number of rotatable bonds is 6. The van der Waals surface area contributed by atoms with Crippen molar-refractivity contribution in [3.8, 4) is 0 Å². The first-order valence-electron chi connectivity index (χ1n) is 7.45. The molecule has 0 spiro atoms. The Morgan fingerprint density at radius 3 is 2.56 bits per heavy atom. The number of halogens is 2. The van der Waals surface area contributed by atoms with Crippen molar-refractivity contribution in [2.75, 3.05) is 11.0 Å². The van der Waals surface area contributed by atoms with Gasteiger partial charge >= 0.3 is 0 Å². The van der Waals surface area contributed by atoms with Crippen LogP contribution in [0.3, 0.4) is 0 Å². The van der Waals surface area contributed by atoms with Crippen LogP contribution in [-0.4, -0.2) is 20.6 Å². The van der Waals surface area contributed by atoms with E-state index in [1.54, 1.807) is 31.2 Å². The van der Waals surface area contributed by atoms with E-state index in [9.17, 15) is 17.6 Å². The molecule has 0 saturated heterocycles. The van der Waals surface area contributed by atoms with Crippen molar-refractivity contribution >= 4 is 33.2 Å². The summed E-state index contributed by atoms with van der Waals surface area (Å²) in [5.41, 5.74) is 1.25. The van der Waals surface area contributed by atoms with E-state index in [1.807, 2.05) is 0 Å². The standard InChI is InChI=1S/C17H18ClFN2O3S/c1-11(12-5-3-6-13(9-12)21-25(2,23)24)20-17(22)10-14-15(18)7-4-8-16(14)19/h3-9,11,21H,10H2,1-2H3,(H,20,22)/t11-/m1/s1. The summed E-state index contributed by atoms with van der Waals surface area (Å²) in [5, 5.41) is 2.94. The zero-order valence-electron chi connectivity index (χ0n) is 13.7. The molecule has 134 valence electrons. The third-order valence-electron chi connectivity index (χ3n) is 3.47. The van der Waals surface area contributed by atoms with Gasteiger partial charge in [-0.15, -0.1) is 0 Å². The minimum Gasteiger partial charge on any atom is -0.349 e. The van der Waals surface area contributed by atoms with Crippen molar-refractivity contribution < 1.29 is 17.6 Å². The number of carbonyl (C=O) groups excluding carboxylic acids is 1. The number of benzene rings is 2. The van der Waals surface area contributed by atoms with Crippen molar-refractivity contribution in [1.29, 1.82) is 0 Å². The Morgan fingerprint density at radius 1 is 1.24 bits per heavy atom. The number of amides is 1. The monoisotopic (exact) mass is 384 g/mol. The van der Waals surface area contributed by atoms with Crippen LogP contribution in [0.15, 0.2) is 42.5 Å². The predicted molar refractivity (Wildman–Crippen MR) is 96.6 cm³/mol. The lowest BCUT2D eigenvalue weighted by molar-refractivity contribution is -0.121. The molecule has 0 unspecified atom stereocenters. The van der Waals surface area contributed by atoms with Gasteiger partial charge in [-0.3, -0.25) is 9.52 Å². The largest absolute Gasteiger partial charge is 0.349 e. The van der Waals surface area contributed by atoms with Gasteiger partial charge in [-0.2, -0.15) is 0 Å². The molecule has 0 aliphatic rings. The molecular formula is C17H18ClFN2O3S. The molecule has 0 radical (unpaired) electrons. The normalized spacial score (nSPS) is 12.5. The van der Waals surface area contributed by atoms with Gasteiger partial charge in [-0.05, 0) is 36.8 Å². The highest BCUT2D eigenvalue weighted by molar-refractivity contribution is 7.92. The lowest BCUT2D eigenvalue weighted by atomic mass is 10.1. The fourth-order valence-corrected chi connectivity index (χ4v) is 3.11.